The van der Waals surface area contributed by atoms with Crippen LogP contribution in [0.15, 0.2) is 82.4 Å². The molecule has 0 saturated heterocycles. The molecule has 3 atom stereocenters. The fourth-order valence-corrected chi connectivity index (χ4v) is 9.84. The van der Waals surface area contributed by atoms with Crippen LogP contribution in [0.1, 0.15) is 76.8 Å². The Morgan fingerprint density at radius 2 is 1.83 bits per heavy atom. The number of carbonyl (C=O) groups is 1. The molecule has 9 heteroatoms. The van der Waals surface area contributed by atoms with Crippen LogP contribution in [-0.2, 0) is 30.5 Å². The molecule has 47 heavy (non-hydrogen) atoms. The second kappa shape index (κ2) is 10.6. The zero-order valence-electron chi connectivity index (χ0n) is 27.1. The summed E-state index contributed by atoms with van der Waals surface area (Å²) in [6.45, 7) is 8.48. The van der Waals surface area contributed by atoms with Gasteiger partial charge in [-0.3, -0.25) is 9.35 Å². The van der Waals surface area contributed by atoms with Crippen molar-refractivity contribution in [3.63, 3.8) is 0 Å². The minimum Gasteiger partial charge on any atom is -0.481 e. The Morgan fingerprint density at radius 3 is 2.62 bits per heavy atom. The summed E-state index contributed by atoms with van der Waals surface area (Å²) < 4.78 is 44.1. The Kier molecular flexibility index (Phi) is 6.89. The molecule has 0 amide bonds. The molecule has 0 aliphatic carbocycles. The summed E-state index contributed by atoms with van der Waals surface area (Å²) in [6, 6.07) is 18.1. The van der Waals surface area contributed by atoms with E-state index in [0.29, 0.717) is 6.42 Å². The lowest BCUT2D eigenvalue weighted by atomic mass is 9.71. The van der Waals surface area contributed by atoms with Crippen LogP contribution in [-0.4, -0.2) is 59.6 Å². The van der Waals surface area contributed by atoms with Gasteiger partial charge < -0.3 is 14.7 Å². The normalized spacial score (nSPS) is 25.5. The van der Waals surface area contributed by atoms with E-state index < -0.39 is 21.5 Å². The molecular formula is C38H41N2O6S+. The topological polar surface area (TPSA) is 107 Å². The van der Waals surface area contributed by atoms with Crippen LogP contribution in [0, 0.1) is 0 Å². The minimum absolute atomic E-state index is 0.000751. The van der Waals surface area contributed by atoms with E-state index in [9.17, 15) is 22.9 Å². The number of hydrogen-bond donors (Lipinski definition) is 2. The van der Waals surface area contributed by atoms with Crippen LogP contribution in [0.2, 0.25) is 0 Å². The predicted octanol–water partition coefficient (Wildman–Crippen LogP) is 7.03. The quantitative estimate of drug-likeness (QED) is 0.160. The van der Waals surface area contributed by atoms with Crippen molar-refractivity contribution >= 4 is 43.9 Å². The summed E-state index contributed by atoms with van der Waals surface area (Å²) in [7, 11) is -4.40. The third-order valence-electron chi connectivity index (χ3n) is 11.3. The highest BCUT2D eigenvalue weighted by atomic mass is 32.2. The fraction of sp³-hybridized carbons (Fsp3) is 0.421. The van der Waals surface area contributed by atoms with Crippen molar-refractivity contribution in [2.24, 2.45) is 0 Å². The number of nitrogens with zero attached hydrogens (tertiary/aromatic N) is 2. The van der Waals surface area contributed by atoms with Gasteiger partial charge in [0.25, 0.3) is 10.1 Å². The SMILES string of the molecule is CC1(C)C2=[N+](CCC3OC4CCN5C(=C4C=C23)C(C)(CCCCCC(=O)O)c2cc(S(=O)(=O)O)ccc25)c2ccc3ccccc3c21. The molecule has 5 aliphatic rings. The van der Waals surface area contributed by atoms with Crippen LogP contribution in [0.5, 0.6) is 0 Å². The van der Waals surface area contributed by atoms with Crippen molar-refractivity contribution in [3.8, 4) is 0 Å². The number of allylic oxidation sites excluding steroid dienone is 1. The molecule has 5 aliphatic heterocycles. The lowest BCUT2D eigenvalue weighted by Gasteiger charge is -2.43. The van der Waals surface area contributed by atoms with Gasteiger partial charge in [-0.1, -0.05) is 37.1 Å². The fourth-order valence-electron chi connectivity index (χ4n) is 9.34. The van der Waals surface area contributed by atoms with Crippen molar-refractivity contribution in [1.82, 2.24) is 0 Å². The van der Waals surface area contributed by atoms with Crippen molar-refractivity contribution in [2.45, 2.75) is 93.7 Å². The van der Waals surface area contributed by atoms with Crippen LogP contribution in [0.3, 0.4) is 0 Å². The van der Waals surface area contributed by atoms with E-state index in [1.54, 1.807) is 6.07 Å². The molecule has 8 nitrogen and oxygen atoms in total. The summed E-state index contributed by atoms with van der Waals surface area (Å²) in [4.78, 5) is 13.4. The summed E-state index contributed by atoms with van der Waals surface area (Å²) in [5.74, 6) is -0.795. The molecule has 3 aromatic carbocycles. The van der Waals surface area contributed by atoms with Gasteiger partial charge in [0.1, 0.15) is 0 Å². The monoisotopic (exact) mass is 653 g/mol. The number of anilines is 1. The minimum atomic E-state index is -4.40. The zero-order valence-corrected chi connectivity index (χ0v) is 27.9. The van der Waals surface area contributed by atoms with E-state index in [1.165, 1.54) is 39.4 Å². The molecule has 3 unspecified atom stereocenters. The molecule has 8 rings (SSSR count). The predicted molar refractivity (Wildman–Crippen MR) is 181 cm³/mol. The molecular weight excluding hydrogens is 612 g/mol. The summed E-state index contributed by atoms with van der Waals surface area (Å²) in [5, 5.41) is 11.7. The van der Waals surface area contributed by atoms with Gasteiger partial charge in [-0.15, -0.1) is 0 Å². The molecule has 0 bridgehead atoms. The van der Waals surface area contributed by atoms with Gasteiger partial charge in [-0.2, -0.15) is 13.0 Å². The number of unbranched alkanes of at least 4 members (excludes halogenated alkanes) is 2. The van der Waals surface area contributed by atoms with E-state index in [1.807, 2.05) is 6.07 Å². The highest BCUT2D eigenvalue weighted by Crippen LogP contribution is 2.56. The average Bonchev–Trinajstić information content (AvgIpc) is 3.44. The van der Waals surface area contributed by atoms with E-state index in [4.69, 9.17) is 4.74 Å². The number of carboxylic acid groups (broad SMARTS) is 1. The summed E-state index contributed by atoms with van der Waals surface area (Å²) in [5.41, 5.74) is 8.47. The number of rotatable bonds is 7. The number of aliphatic carboxylic acids is 1. The van der Waals surface area contributed by atoms with E-state index in [2.05, 4.69) is 72.7 Å². The van der Waals surface area contributed by atoms with Crippen LogP contribution in [0.4, 0.5) is 11.4 Å². The maximum atomic E-state index is 12.3. The Bertz CT molecular complexity index is 2080. The standard InChI is InChI=1S/C38H40N2O6S/c1-37(2)34-25-10-7-6-9-23(25)12-14-30(34)40-20-17-31-26(35(37)40)22-27-32(46-31)16-19-39-29-15-13-24(47(43,44)45)21-28(29)38(3,36(27)39)18-8-4-5-11-33(41)42/h6-7,9-10,12-15,21-22,31-32H,4-5,8,11,16-20H2,1-3H3,(H-,41,42,43,44,45)/p+1. The van der Waals surface area contributed by atoms with Gasteiger partial charge in [0, 0.05) is 59.0 Å². The Balaban J connectivity index is 1.28. The highest BCUT2D eigenvalue weighted by Gasteiger charge is 2.55. The smallest absolute Gasteiger partial charge is 0.303 e. The highest BCUT2D eigenvalue weighted by molar-refractivity contribution is 7.85. The van der Waals surface area contributed by atoms with E-state index in [0.717, 1.165) is 67.7 Å². The molecule has 0 fully saturated rings. The largest absolute Gasteiger partial charge is 0.481 e. The first-order valence-electron chi connectivity index (χ1n) is 16.8. The number of ether oxygens (including phenoxy) is 1. The Morgan fingerprint density at radius 1 is 1.02 bits per heavy atom. The van der Waals surface area contributed by atoms with Gasteiger partial charge >= 0.3 is 5.97 Å². The lowest BCUT2D eigenvalue weighted by Crippen LogP contribution is -2.47. The first-order valence-corrected chi connectivity index (χ1v) is 18.2. The van der Waals surface area contributed by atoms with Crippen molar-refractivity contribution in [2.75, 3.05) is 18.0 Å². The van der Waals surface area contributed by atoms with E-state index in [-0.39, 0.29) is 28.9 Å². The van der Waals surface area contributed by atoms with E-state index >= 15 is 0 Å². The molecule has 2 N–H and O–H groups in total. The van der Waals surface area contributed by atoms with Gasteiger partial charge in [0.05, 0.1) is 22.5 Å². The molecule has 0 spiro atoms. The summed E-state index contributed by atoms with van der Waals surface area (Å²) in [6.07, 6.45) is 7.03. The second-order valence-electron chi connectivity index (χ2n) is 14.5. The molecule has 244 valence electrons. The van der Waals surface area contributed by atoms with Gasteiger partial charge in [-0.05, 0) is 86.7 Å². The first-order chi connectivity index (χ1) is 22.4. The van der Waals surface area contributed by atoms with Crippen LogP contribution in [0.25, 0.3) is 10.8 Å². The number of carboxylic acids is 1. The molecule has 3 aromatic rings. The maximum Gasteiger partial charge on any atom is 0.303 e. The lowest BCUT2D eigenvalue weighted by molar-refractivity contribution is -0.445. The van der Waals surface area contributed by atoms with Gasteiger partial charge in [0.2, 0.25) is 5.69 Å². The molecule has 0 radical (unpaired) electrons. The zero-order chi connectivity index (χ0) is 32.9. The number of hydrogen-bond acceptors (Lipinski definition) is 5. The third kappa shape index (κ3) is 4.57. The molecule has 0 aromatic heterocycles. The molecule has 5 heterocycles. The molecule has 0 saturated carbocycles. The van der Waals surface area contributed by atoms with Crippen LogP contribution < -0.4 is 4.90 Å². The third-order valence-corrected chi connectivity index (χ3v) is 12.2. The second-order valence-corrected chi connectivity index (χ2v) is 15.9. The van der Waals surface area contributed by atoms with Gasteiger partial charge in [-0.25, -0.2) is 0 Å². The number of fused-ring (bicyclic) bond motifs is 10. The Labute approximate surface area is 275 Å². The van der Waals surface area contributed by atoms with Crippen LogP contribution >= 0.6 is 0 Å². The van der Waals surface area contributed by atoms with Crippen molar-refractivity contribution in [3.05, 3.63) is 88.6 Å². The van der Waals surface area contributed by atoms with Crippen molar-refractivity contribution in [1.29, 1.82) is 0 Å². The maximum absolute atomic E-state index is 12.3. The van der Waals surface area contributed by atoms with Crippen molar-refractivity contribution < 1.29 is 32.2 Å². The first kappa shape index (κ1) is 30.5. The summed E-state index contributed by atoms with van der Waals surface area (Å²) >= 11 is 0. The number of benzene rings is 3. The average molecular weight is 654 g/mol. The Hall–Kier alpha value is -3.79. The van der Waals surface area contributed by atoms with Gasteiger partial charge in [0.15, 0.2) is 12.3 Å².